The van der Waals surface area contributed by atoms with Gasteiger partial charge in [-0.2, -0.15) is 0 Å². The number of aliphatic carboxylic acids is 1. The molecule has 3 N–H and O–H groups in total. The molecule has 1 aromatic heterocycles. The van der Waals surface area contributed by atoms with Crippen molar-refractivity contribution >= 4 is 16.9 Å². The Morgan fingerprint density at radius 1 is 1.45 bits per heavy atom. The Morgan fingerprint density at radius 3 is 2.90 bits per heavy atom. The van der Waals surface area contributed by atoms with Crippen molar-refractivity contribution in [1.82, 2.24) is 15.3 Å². The van der Waals surface area contributed by atoms with Gasteiger partial charge in [0.25, 0.3) is 5.56 Å². The average Bonchev–Trinajstić information content (AvgIpc) is 2.43. The molecule has 0 radical (unpaired) electrons. The van der Waals surface area contributed by atoms with Gasteiger partial charge in [-0.25, -0.2) is 4.98 Å². The highest BCUT2D eigenvalue weighted by Crippen LogP contribution is 2.06. The quantitative estimate of drug-likeness (QED) is 0.738. The molecule has 0 spiro atoms. The minimum atomic E-state index is -0.894. The van der Waals surface area contributed by atoms with Crippen molar-refractivity contribution in [3.8, 4) is 0 Å². The van der Waals surface area contributed by atoms with Gasteiger partial charge >= 0.3 is 5.97 Å². The Bertz CT molecular complexity index is 666. The number of aromatic nitrogens is 2. The van der Waals surface area contributed by atoms with Gasteiger partial charge in [-0.15, -0.1) is 0 Å². The highest BCUT2D eigenvalue weighted by Gasteiger charge is 2.15. The standard InChI is InChI=1S/C14H17N3O3/c1-2-5-11(14(19)20)15-8-12-16-10-7-4-3-6-9(10)13(18)17-12/h3-4,6-7,11,15H,2,5,8H2,1H3,(H,19,20)(H,16,17,18). The molecule has 0 saturated carbocycles. The predicted octanol–water partition coefficient (Wildman–Crippen LogP) is 1.27. The zero-order valence-corrected chi connectivity index (χ0v) is 11.2. The first-order valence-corrected chi connectivity index (χ1v) is 6.56. The monoisotopic (exact) mass is 275 g/mol. The number of para-hydroxylation sites is 1. The molecule has 1 atom stereocenters. The fourth-order valence-electron chi connectivity index (χ4n) is 2.04. The number of H-pyrrole nitrogens is 1. The van der Waals surface area contributed by atoms with E-state index < -0.39 is 12.0 Å². The van der Waals surface area contributed by atoms with Crippen LogP contribution < -0.4 is 10.9 Å². The van der Waals surface area contributed by atoms with Crippen LogP contribution in [0.5, 0.6) is 0 Å². The van der Waals surface area contributed by atoms with Gasteiger partial charge in [-0.05, 0) is 18.6 Å². The van der Waals surface area contributed by atoms with Gasteiger partial charge in [-0.1, -0.05) is 25.5 Å². The molecule has 0 bridgehead atoms. The average molecular weight is 275 g/mol. The van der Waals surface area contributed by atoms with E-state index in [0.29, 0.717) is 23.1 Å². The first-order valence-electron chi connectivity index (χ1n) is 6.56. The third-order valence-electron chi connectivity index (χ3n) is 3.05. The first kappa shape index (κ1) is 14.2. The second-order valence-corrected chi connectivity index (χ2v) is 4.59. The van der Waals surface area contributed by atoms with Crippen LogP contribution in [0, 0.1) is 0 Å². The highest BCUT2D eigenvalue weighted by atomic mass is 16.4. The highest BCUT2D eigenvalue weighted by molar-refractivity contribution is 5.77. The van der Waals surface area contributed by atoms with Crippen LogP contribution >= 0.6 is 0 Å². The van der Waals surface area contributed by atoms with Crippen LogP contribution in [-0.2, 0) is 11.3 Å². The van der Waals surface area contributed by atoms with Gasteiger partial charge in [0.1, 0.15) is 11.9 Å². The summed E-state index contributed by atoms with van der Waals surface area (Å²) in [5.74, 6) is -0.453. The maximum Gasteiger partial charge on any atom is 0.320 e. The van der Waals surface area contributed by atoms with Gasteiger partial charge in [0.15, 0.2) is 0 Å². The zero-order chi connectivity index (χ0) is 14.5. The number of fused-ring (bicyclic) bond motifs is 1. The zero-order valence-electron chi connectivity index (χ0n) is 11.2. The lowest BCUT2D eigenvalue weighted by atomic mass is 10.1. The summed E-state index contributed by atoms with van der Waals surface area (Å²) in [5, 5.41) is 12.5. The van der Waals surface area contributed by atoms with Crippen molar-refractivity contribution in [1.29, 1.82) is 0 Å². The molecule has 0 saturated heterocycles. The van der Waals surface area contributed by atoms with Crippen LogP contribution in [0.2, 0.25) is 0 Å². The molecule has 6 heteroatoms. The molecule has 6 nitrogen and oxygen atoms in total. The number of hydrogen-bond donors (Lipinski definition) is 3. The smallest absolute Gasteiger partial charge is 0.320 e. The minimum absolute atomic E-state index is 0.213. The maximum absolute atomic E-state index is 11.9. The van der Waals surface area contributed by atoms with E-state index in [-0.39, 0.29) is 12.1 Å². The second-order valence-electron chi connectivity index (χ2n) is 4.59. The van der Waals surface area contributed by atoms with Gasteiger partial charge in [-0.3, -0.25) is 14.9 Å². The molecule has 1 aromatic carbocycles. The minimum Gasteiger partial charge on any atom is -0.480 e. The van der Waals surface area contributed by atoms with E-state index in [1.165, 1.54) is 0 Å². The van der Waals surface area contributed by atoms with Crippen LogP contribution in [-0.4, -0.2) is 27.1 Å². The topological polar surface area (TPSA) is 95.1 Å². The summed E-state index contributed by atoms with van der Waals surface area (Å²) in [5.41, 5.74) is 0.394. The number of carboxylic acid groups (broad SMARTS) is 1. The number of nitrogens with zero attached hydrogens (tertiary/aromatic N) is 1. The molecule has 2 aromatic rings. The summed E-state index contributed by atoms with van der Waals surface area (Å²) < 4.78 is 0. The van der Waals surface area contributed by atoms with E-state index in [2.05, 4.69) is 15.3 Å². The SMILES string of the molecule is CCCC(NCc1nc2ccccc2c(=O)[nH]1)C(=O)O. The lowest BCUT2D eigenvalue weighted by Gasteiger charge is -2.13. The molecule has 106 valence electrons. The largest absolute Gasteiger partial charge is 0.480 e. The van der Waals surface area contributed by atoms with Crippen LogP contribution in [0.1, 0.15) is 25.6 Å². The molecule has 0 amide bonds. The normalized spacial score (nSPS) is 12.4. The summed E-state index contributed by atoms with van der Waals surface area (Å²) in [6, 6.07) is 6.42. The third-order valence-corrected chi connectivity index (χ3v) is 3.05. The Balaban J connectivity index is 2.17. The summed E-state index contributed by atoms with van der Waals surface area (Å²) in [4.78, 5) is 29.9. The molecule has 1 heterocycles. The molecule has 2 rings (SSSR count). The lowest BCUT2D eigenvalue weighted by Crippen LogP contribution is -2.36. The molecule has 0 aliphatic rings. The molecule has 0 fully saturated rings. The number of nitrogens with one attached hydrogen (secondary N) is 2. The van der Waals surface area contributed by atoms with Crippen LogP contribution in [0.4, 0.5) is 0 Å². The molecule has 20 heavy (non-hydrogen) atoms. The lowest BCUT2D eigenvalue weighted by molar-refractivity contribution is -0.139. The maximum atomic E-state index is 11.9. The Kier molecular flexibility index (Phi) is 4.47. The fraction of sp³-hybridized carbons (Fsp3) is 0.357. The van der Waals surface area contributed by atoms with Crippen molar-refractivity contribution in [2.75, 3.05) is 0 Å². The van der Waals surface area contributed by atoms with E-state index in [0.717, 1.165) is 6.42 Å². The molecule has 1 unspecified atom stereocenters. The van der Waals surface area contributed by atoms with E-state index in [9.17, 15) is 9.59 Å². The van der Waals surface area contributed by atoms with Crippen molar-refractivity contribution < 1.29 is 9.90 Å². The van der Waals surface area contributed by atoms with Crippen LogP contribution in [0.25, 0.3) is 10.9 Å². The Hall–Kier alpha value is -2.21. The summed E-state index contributed by atoms with van der Waals surface area (Å²) in [7, 11) is 0. The summed E-state index contributed by atoms with van der Waals surface area (Å²) in [6.07, 6.45) is 1.30. The van der Waals surface area contributed by atoms with Crippen molar-refractivity contribution in [3.63, 3.8) is 0 Å². The number of carboxylic acids is 1. The first-order chi connectivity index (χ1) is 9.61. The van der Waals surface area contributed by atoms with Gasteiger partial charge < -0.3 is 10.1 Å². The predicted molar refractivity (Wildman–Crippen MR) is 75.5 cm³/mol. The number of benzene rings is 1. The second kappa shape index (κ2) is 6.29. The van der Waals surface area contributed by atoms with E-state index in [1.54, 1.807) is 18.2 Å². The van der Waals surface area contributed by atoms with E-state index in [1.807, 2.05) is 13.0 Å². The molecule has 0 aliphatic carbocycles. The summed E-state index contributed by atoms with van der Waals surface area (Å²) >= 11 is 0. The van der Waals surface area contributed by atoms with Crippen molar-refractivity contribution in [2.45, 2.75) is 32.4 Å². The van der Waals surface area contributed by atoms with Gasteiger partial charge in [0.05, 0.1) is 17.4 Å². The Labute approximate surface area is 115 Å². The van der Waals surface area contributed by atoms with Gasteiger partial charge in [0, 0.05) is 0 Å². The van der Waals surface area contributed by atoms with Crippen molar-refractivity contribution in [2.24, 2.45) is 0 Å². The van der Waals surface area contributed by atoms with Crippen LogP contribution in [0.3, 0.4) is 0 Å². The fourth-order valence-corrected chi connectivity index (χ4v) is 2.04. The number of rotatable bonds is 6. The van der Waals surface area contributed by atoms with E-state index in [4.69, 9.17) is 5.11 Å². The number of hydrogen-bond acceptors (Lipinski definition) is 4. The summed E-state index contributed by atoms with van der Waals surface area (Å²) in [6.45, 7) is 2.14. The molecular weight excluding hydrogens is 258 g/mol. The molecular formula is C14H17N3O3. The Morgan fingerprint density at radius 2 is 2.20 bits per heavy atom. The van der Waals surface area contributed by atoms with Crippen LogP contribution in [0.15, 0.2) is 29.1 Å². The van der Waals surface area contributed by atoms with Gasteiger partial charge in [0.2, 0.25) is 0 Å². The van der Waals surface area contributed by atoms with Crippen molar-refractivity contribution in [3.05, 3.63) is 40.4 Å². The molecule has 0 aliphatic heterocycles. The van der Waals surface area contributed by atoms with E-state index >= 15 is 0 Å². The third kappa shape index (κ3) is 3.21. The number of carbonyl (C=O) groups is 1. The number of aromatic amines is 1.